The predicted molar refractivity (Wildman–Crippen MR) is 253 cm³/mol. The third kappa shape index (κ3) is 8.52. The standard InChI is InChI=1S/C55H59N3O5/c1-7-11-15-37(9-3)33-59-44-21-19-40-28-43(29-42(40)30-44)55(52-56-46-27-36(6)18-23-49(46)61-52,53-57-47-31-41(20-24-50(47)62-53)39-17-13-14-35(5)26-39)54-58-48-32-45(22-25-51(48)63-54)60-34-38(10-4)16-12-8-2/h13-14,17-27,29-32,37-38H,7-12,15-16,28,33-34H2,1-6H3. The van der Waals surface area contributed by atoms with Crippen molar-refractivity contribution < 1.29 is 22.7 Å². The first-order chi connectivity index (χ1) is 30.8. The molecule has 1 aliphatic rings. The molecule has 0 saturated heterocycles. The summed E-state index contributed by atoms with van der Waals surface area (Å²) < 4.78 is 33.7. The first kappa shape index (κ1) is 42.2. The normalized spacial score (nSPS) is 14.5. The number of hydrogen-bond donors (Lipinski definition) is 0. The Bertz CT molecular complexity index is 2900. The van der Waals surface area contributed by atoms with E-state index in [0.717, 1.165) is 69.7 Å². The number of aryl methyl sites for hydroxylation is 2. The van der Waals surface area contributed by atoms with Crippen LogP contribution in [-0.2, 0) is 11.8 Å². The number of fused-ring (bicyclic) bond motifs is 4. The summed E-state index contributed by atoms with van der Waals surface area (Å²) >= 11 is 0. The predicted octanol–water partition coefficient (Wildman–Crippen LogP) is 14.6. The number of rotatable bonds is 19. The van der Waals surface area contributed by atoms with Gasteiger partial charge in [0.1, 0.15) is 28.0 Å². The molecule has 324 valence electrons. The average Bonchev–Trinajstić information content (AvgIpc) is 4.11. The minimum absolute atomic E-state index is 0.356. The van der Waals surface area contributed by atoms with Gasteiger partial charge in [-0.2, -0.15) is 0 Å². The van der Waals surface area contributed by atoms with Gasteiger partial charge < -0.3 is 22.7 Å². The van der Waals surface area contributed by atoms with E-state index < -0.39 is 5.41 Å². The van der Waals surface area contributed by atoms with Crippen LogP contribution in [-0.4, -0.2) is 28.2 Å². The summed E-state index contributed by atoms with van der Waals surface area (Å²) in [5.74, 6) is 3.71. The van der Waals surface area contributed by atoms with Crippen LogP contribution in [0, 0.1) is 25.7 Å². The van der Waals surface area contributed by atoms with Crippen LogP contribution in [0.15, 0.2) is 116 Å². The van der Waals surface area contributed by atoms with Crippen LogP contribution in [0.25, 0.3) is 50.5 Å². The van der Waals surface area contributed by atoms with Crippen LogP contribution in [0.2, 0.25) is 0 Å². The molecule has 0 aliphatic heterocycles. The Balaban J connectivity index is 1.21. The molecule has 3 atom stereocenters. The maximum Gasteiger partial charge on any atom is 0.224 e. The van der Waals surface area contributed by atoms with Gasteiger partial charge in [0.15, 0.2) is 16.7 Å². The van der Waals surface area contributed by atoms with Crippen LogP contribution in [0.1, 0.15) is 119 Å². The summed E-state index contributed by atoms with van der Waals surface area (Å²) in [5.41, 5.74) is 10.1. The highest BCUT2D eigenvalue weighted by Gasteiger charge is 2.54. The van der Waals surface area contributed by atoms with Crippen molar-refractivity contribution in [2.24, 2.45) is 11.8 Å². The Kier molecular flexibility index (Phi) is 12.2. The maximum atomic E-state index is 6.95. The van der Waals surface area contributed by atoms with Crippen molar-refractivity contribution >= 4 is 39.4 Å². The molecule has 0 spiro atoms. The van der Waals surface area contributed by atoms with Crippen molar-refractivity contribution in [3.05, 3.63) is 143 Å². The lowest BCUT2D eigenvalue weighted by atomic mass is 9.78. The third-order valence-corrected chi connectivity index (χ3v) is 13.0. The fourth-order valence-electron chi connectivity index (χ4n) is 9.00. The van der Waals surface area contributed by atoms with Crippen molar-refractivity contribution in [2.45, 2.75) is 105 Å². The number of hydrogen-bond acceptors (Lipinski definition) is 8. The quantitative estimate of drug-likeness (QED) is 0.0794. The van der Waals surface area contributed by atoms with Gasteiger partial charge in [-0.05, 0) is 127 Å². The molecule has 63 heavy (non-hydrogen) atoms. The van der Waals surface area contributed by atoms with E-state index in [1.807, 2.05) is 42.5 Å². The summed E-state index contributed by atoms with van der Waals surface area (Å²) in [7, 11) is 0. The first-order valence-corrected chi connectivity index (χ1v) is 23.1. The van der Waals surface area contributed by atoms with Crippen molar-refractivity contribution in [1.29, 1.82) is 0 Å². The summed E-state index contributed by atoms with van der Waals surface area (Å²) in [5, 5.41) is 0. The van der Waals surface area contributed by atoms with Crippen molar-refractivity contribution in [1.82, 2.24) is 15.0 Å². The Hall–Kier alpha value is -6.15. The van der Waals surface area contributed by atoms with Crippen LogP contribution in [0.3, 0.4) is 0 Å². The van der Waals surface area contributed by atoms with Gasteiger partial charge in [0.25, 0.3) is 0 Å². The molecule has 3 aromatic heterocycles. The molecule has 8 nitrogen and oxygen atoms in total. The zero-order valence-corrected chi connectivity index (χ0v) is 37.6. The Labute approximate surface area is 370 Å². The minimum Gasteiger partial charge on any atom is -0.493 e. The van der Waals surface area contributed by atoms with Crippen LogP contribution in [0.5, 0.6) is 11.5 Å². The number of oxazole rings is 3. The fraction of sp³-hybridized carbons (Fsp3) is 0.364. The Morgan fingerprint density at radius 1 is 0.571 bits per heavy atom. The molecular formula is C55H59N3O5. The zero-order valence-electron chi connectivity index (χ0n) is 37.6. The van der Waals surface area contributed by atoms with Crippen molar-refractivity contribution in [2.75, 3.05) is 13.2 Å². The summed E-state index contributed by atoms with van der Waals surface area (Å²) in [6.07, 6.45) is 12.0. The zero-order chi connectivity index (χ0) is 43.5. The SMILES string of the molecule is CCCCC(CC)COc1ccc2c(c1)C=C(C(c1nc3cc(C)ccc3o1)(c1nc3cc(OCC(CC)CCCC)ccc3o1)c1nc3cc(-c4cccc(C)c4)ccc3o1)C2. The van der Waals surface area contributed by atoms with E-state index in [-0.39, 0.29) is 0 Å². The molecule has 0 N–H and O–H groups in total. The molecule has 0 fully saturated rings. The highest BCUT2D eigenvalue weighted by Crippen LogP contribution is 2.51. The highest BCUT2D eigenvalue weighted by atomic mass is 16.5. The second-order valence-corrected chi connectivity index (χ2v) is 17.6. The molecular weight excluding hydrogens is 783 g/mol. The number of allylic oxidation sites excluding steroid dienone is 1. The van der Waals surface area contributed by atoms with E-state index in [4.69, 9.17) is 37.7 Å². The monoisotopic (exact) mass is 841 g/mol. The topological polar surface area (TPSA) is 96.6 Å². The molecule has 0 bridgehead atoms. The van der Waals surface area contributed by atoms with Gasteiger partial charge in [0.05, 0.1) is 13.2 Å². The molecule has 0 amide bonds. The highest BCUT2D eigenvalue weighted by molar-refractivity contribution is 5.83. The lowest BCUT2D eigenvalue weighted by Crippen LogP contribution is -2.33. The van der Waals surface area contributed by atoms with Crippen molar-refractivity contribution in [3.8, 4) is 22.6 Å². The number of aromatic nitrogens is 3. The summed E-state index contributed by atoms with van der Waals surface area (Å²) in [6.45, 7) is 14.5. The van der Waals surface area contributed by atoms with E-state index >= 15 is 0 Å². The molecule has 0 saturated carbocycles. The van der Waals surface area contributed by atoms with Gasteiger partial charge >= 0.3 is 0 Å². The largest absolute Gasteiger partial charge is 0.493 e. The molecule has 3 heterocycles. The summed E-state index contributed by atoms with van der Waals surface area (Å²) in [4.78, 5) is 15.9. The first-order valence-electron chi connectivity index (χ1n) is 23.1. The third-order valence-electron chi connectivity index (χ3n) is 13.0. The molecule has 3 unspecified atom stereocenters. The Morgan fingerprint density at radius 2 is 1.11 bits per heavy atom. The lowest BCUT2D eigenvalue weighted by Gasteiger charge is -2.26. The van der Waals surface area contributed by atoms with E-state index in [9.17, 15) is 0 Å². The number of benzene rings is 5. The van der Waals surface area contributed by atoms with Gasteiger partial charge in [0.2, 0.25) is 23.1 Å². The number of nitrogens with zero attached hydrogens (tertiary/aromatic N) is 3. The molecule has 5 aromatic carbocycles. The molecule has 1 aliphatic carbocycles. The molecule has 0 radical (unpaired) electrons. The second-order valence-electron chi connectivity index (χ2n) is 17.6. The molecule has 8 aromatic rings. The van der Waals surface area contributed by atoms with E-state index in [1.165, 1.54) is 37.7 Å². The van der Waals surface area contributed by atoms with Gasteiger partial charge in [-0.25, -0.2) is 15.0 Å². The average molecular weight is 842 g/mol. The van der Waals surface area contributed by atoms with Gasteiger partial charge in [-0.3, -0.25) is 0 Å². The molecule has 9 rings (SSSR count). The lowest BCUT2D eigenvalue weighted by molar-refractivity contribution is 0.233. The number of unbranched alkanes of at least 4 members (excludes halogenated alkanes) is 2. The number of ether oxygens (including phenoxy) is 2. The van der Waals surface area contributed by atoms with E-state index in [0.29, 0.717) is 76.9 Å². The van der Waals surface area contributed by atoms with Crippen molar-refractivity contribution in [3.63, 3.8) is 0 Å². The van der Waals surface area contributed by atoms with Crippen LogP contribution < -0.4 is 9.47 Å². The van der Waals surface area contributed by atoms with Gasteiger partial charge in [-0.15, -0.1) is 0 Å². The fourth-order valence-corrected chi connectivity index (χ4v) is 9.00. The smallest absolute Gasteiger partial charge is 0.224 e. The molecule has 8 heteroatoms. The maximum absolute atomic E-state index is 6.95. The van der Waals surface area contributed by atoms with E-state index in [1.54, 1.807) is 0 Å². The van der Waals surface area contributed by atoms with Crippen LogP contribution >= 0.6 is 0 Å². The minimum atomic E-state index is -1.41. The summed E-state index contributed by atoms with van der Waals surface area (Å²) in [6, 6.07) is 33.0. The second kappa shape index (κ2) is 18.3. The van der Waals surface area contributed by atoms with Crippen LogP contribution in [0.4, 0.5) is 0 Å². The Morgan fingerprint density at radius 3 is 1.73 bits per heavy atom. The van der Waals surface area contributed by atoms with E-state index in [2.05, 4.69) is 102 Å². The van der Waals surface area contributed by atoms with Gasteiger partial charge in [0, 0.05) is 6.07 Å². The van der Waals surface area contributed by atoms with Gasteiger partial charge in [-0.1, -0.05) is 120 Å².